The van der Waals surface area contributed by atoms with Crippen LogP contribution in [-0.2, 0) is 25.5 Å². The van der Waals surface area contributed by atoms with E-state index in [0.29, 0.717) is 26.1 Å². The first-order valence-corrected chi connectivity index (χ1v) is 7.07. The Balaban J connectivity index is 2.04. The van der Waals surface area contributed by atoms with Crippen molar-refractivity contribution in [1.29, 1.82) is 0 Å². The monoisotopic (exact) mass is 278 g/mol. The van der Waals surface area contributed by atoms with Crippen molar-refractivity contribution in [1.82, 2.24) is 0 Å². The number of carbonyl (C=O) groups excluding carboxylic acids is 2. The minimum atomic E-state index is -0.260. The third kappa shape index (κ3) is 7.56. The Hall–Kier alpha value is -1.84. The highest BCUT2D eigenvalue weighted by Gasteiger charge is 2.07. The summed E-state index contributed by atoms with van der Waals surface area (Å²) in [5.74, 6) is -0.506. The fraction of sp³-hybridized carbons (Fsp3) is 0.500. The first-order valence-electron chi connectivity index (χ1n) is 7.07. The van der Waals surface area contributed by atoms with Crippen molar-refractivity contribution in [2.75, 3.05) is 13.2 Å². The highest BCUT2D eigenvalue weighted by atomic mass is 16.5. The molecule has 20 heavy (non-hydrogen) atoms. The van der Waals surface area contributed by atoms with E-state index < -0.39 is 0 Å². The van der Waals surface area contributed by atoms with E-state index in [0.717, 1.165) is 12.0 Å². The van der Waals surface area contributed by atoms with Gasteiger partial charge < -0.3 is 9.47 Å². The van der Waals surface area contributed by atoms with Crippen LogP contribution in [0.1, 0.15) is 38.2 Å². The molecule has 1 rings (SSSR count). The highest BCUT2D eigenvalue weighted by Crippen LogP contribution is 2.03. The Morgan fingerprint density at radius 3 is 2.15 bits per heavy atom. The number of esters is 2. The van der Waals surface area contributed by atoms with E-state index in [1.54, 1.807) is 0 Å². The van der Waals surface area contributed by atoms with Gasteiger partial charge in [0.25, 0.3) is 0 Å². The van der Waals surface area contributed by atoms with Gasteiger partial charge in [-0.05, 0) is 18.4 Å². The minimum absolute atomic E-state index is 0.246. The standard InChI is InChI=1S/C16H22O4/c1-2-12-19-15(17)9-6-10-16(18)20-13-11-14-7-4-3-5-8-14/h3-5,7-8H,2,6,9-13H2,1H3. The zero-order valence-electron chi connectivity index (χ0n) is 12.0. The van der Waals surface area contributed by atoms with E-state index in [4.69, 9.17) is 9.47 Å². The third-order valence-corrected chi connectivity index (χ3v) is 2.73. The maximum Gasteiger partial charge on any atom is 0.305 e. The molecule has 0 amide bonds. The SMILES string of the molecule is CCCOC(=O)CCCC(=O)OCCc1ccccc1. The number of carbonyl (C=O) groups is 2. The van der Waals surface area contributed by atoms with Crippen LogP contribution in [0.15, 0.2) is 30.3 Å². The second-order valence-corrected chi connectivity index (χ2v) is 4.53. The van der Waals surface area contributed by atoms with Crippen molar-refractivity contribution < 1.29 is 19.1 Å². The van der Waals surface area contributed by atoms with Crippen LogP contribution >= 0.6 is 0 Å². The van der Waals surface area contributed by atoms with E-state index in [2.05, 4.69) is 0 Å². The van der Waals surface area contributed by atoms with E-state index in [1.165, 1.54) is 0 Å². The summed E-state index contributed by atoms with van der Waals surface area (Å²) in [6, 6.07) is 9.86. The molecule has 4 heteroatoms. The molecule has 0 radical (unpaired) electrons. The van der Waals surface area contributed by atoms with Crippen molar-refractivity contribution >= 4 is 11.9 Å². The zero-order chi connectivity index (χ0) is 14.6. The molecule has 0 N–H and O–H groups in total. The molecule has 0 spiro atoms. The van der Waals surface area contributed by atoms with E-state index in [9.17, 15) is 9.59 Å². The highest BCUT2D eigenvalue weighted by molar-refractivity contribution is 5.72. The molecule has 0 saturated heterocycles. The molecule has 0 unspecified atom stereocenters. The largest absolute Gasteiger partial charge is 0.466 e. The zero-order valence-corrected chi connectivity index (χ0v) is 12.0. The van der Waals surface area contributed by atoms with E-state index in [1.807, 2.05) is 37.3 Å². The average Bonchev–Trinajstić information content (AvgIpc) is 2.46. The van der Waals surface area contributed by atoms with Gasteiger partial charge in [0.1, 0.15) is 0 Å². The van der Waals surface area contributed by atoms with Gasteiger partial charge in [-0.25, -0.2) is 0 Å². The summed E-state index contributed by atoms with van der Waals surface area (Å²) in [7, 11) is 0. The summed E-state index contributed by atoms with van der Waals surface area (Å²) >= 11 is 0. The number of rotatable bonds is 9. The quantitative estimate of drug-likeness (QED) is 0.652. The van der Waals surface area contributed by atoms with Gasteiger partial charge in [0.2, 0.25) is 0 Å². The van der Waals surface area contributed by atoms with E-state index in [-0.39, 0.29) is 24.8 Å². The third-order valence-electron chi connectivity index (χ3n) is 2.73. The van der Waals surface area contributed by atoms with Crippen molar-refractivity contribution in [2.45, 2.75) is 39.0 Å². The van der Waals surface area contributed by atoms with Gasteiger partial charge in [0.05, 0.1) is 13.2 Å². The molecular formula is C16H22O4. The second-order valence-electron chi connectivity index (χ2n) is 4.53. The summed E-state index contributed by atoms with van der Waals surface area (Å²) in [5, 5.41) is 0. The van der Waals surface area contributed by atoms with Crippen molar-refractivity contribution in [2.24, 2.45) is 0 Å². The predicted molar refractivity (Wildman–Crippen MR) is 76.2 cm³/mol. The molecule has 0 aliphatic carbocycles. The van der Waals surface area contributed by atoms with Crippen LogP contribution in [0.4, 0.5) is 0 Å². The van der Waals surface area contributed by atoms with Gasteiger partial charge in [-0.15, -0.1) is 0 Å². The lowest BCUT2D eigenvalue weighted by Crippen LogP contribution is -2.10. The normalized spacial score (nSPS) is 10.1. The predicted octanol–water partition coefficient (Wildman–Crippen LogP) is 2.90. The molecule has 1 aromatic rings. The fourth-order valence-electron chi connectivity index (χ4n) is 1.66. The first-order chi connectivity index (χ1) is 9.72. The molecule has 1 aromatic carbocycles. The van der Waals surface area contributed by atoms with Crippen molar-refractivity contribution in [3.8, 4) is 0 Å². The lowest BCUT2D eigenvalue weighted by Gasteiger charge is -2.05. The number of hydrogen-bond acceptors (Lipinski definition) is 4. The second kappa shape index (κ2) is 10.0. The fourth-order valence-corrected chi connectivity index (χ4v) is 1.66. The van der Waals surface area contributed by atoms with Crippen LogP contribution in [0.3, 0.4) is 0 Å². The van der Waals surface area contributed by atoms with Gasteiger partial charge in [-0.3, -0.25) is 9.59 Å². The number of benzene rings is 1. The van der Waals surface area contributed by atoms with Crippen LogP contribution in [0.25, 0.3) is 0 Å². The Labute approximate surface area is 120 Å². The summed E-state index contributed by atoms with van der Waals surface area (Å²) in [6.07, 6.45) is 2.54. The summed E-state index contributed by atoms with van der Waals surface area (Å²) in [5.41, 5.74) is 1.14. The smallest absolute Gasteiger partial charge is 0.305 e. The molecule has 110 valence electrons. The molecule has 0 fully saturated rings. The van der Waals surface area contributed by atoms with Crippen molar-refractivity contribution in [3.05, 3.63) is 35.9 Å². The molecule has 0 aliphatic rings. The molecule has 0 bridgehead atoms. The van der Waals surface area contributed by atoms with E-state index >= 15 is 0 Å². The van der Waals surface area contributed by atoms with Gasteiger partial charge >= 0.3 is 11.9 Å². The van der Waals surface area contributed by atoms with Crippen LogP contribution < -0.4 is 0 Å². The average molecular weight is 278 g/mol. The van der Waals surface area contributed by atoms with Gasteiger partial charge in [0.15, 0.2) is 0 Å². The van der Waals surface area contributed by atoms with Crippen LogP contribution in [0.5, 0.6) is 0 Å². The van der Waals surface area contributed by atoms with Gasteiger partial charge in [0, 0.05) is 19.3 Å². The summed E-state index contributed by atoms with van der Waals surface area (Å²) < 4.78 is 10.0. The van der Waals surface area contributed by atoms with Gasteiger partial charge in [-0.2, -0.15) is 0 Å². The molecule has 0 aromatic heterocycles. The van der Waals surface area contributed by atoms with Gasteiger partial charge in [-0.1, -0.05) is 37.3 Å². The Kier molecular flexibility index (Phi) is 8.11. The van der Waals surface area contributed by atoms with Crippen LogP contribution in [0.2, 0.25) is 0 Å². The Morgan fingerprint density at radius 1 is 0.950 bits per heavy atom. The lowest BCUT2D eigenvalue weighted by molar-refractivity contribution is -0.145. The minimum Gasteiger partial charge on any atom is -0.466 e. The van der Waals surface area contributed by atoms with Crippen LogP contribution in [0, 0.1) is 0 Å². The lowest BCUT2D eigenvalue weighted by atomic mass is 10.2. The maximum atomic E-state index is 11.5. The molecule has 0 heterocycles. The Morgan fingerprint density at radius 2 is 1.55 bits per heavy atom. The summed E-state index contributed by atoms with van der Waals surface area (Å²) in [6.45, 7) is 2.76. The number of ether oxygens (including phenoxy) is 2. The molecular weight excluding hydrogens is 256 g/mol. The van der Waals surface area contributed by atoms with Crippen LogP contribution in [-0.4, -0.2) is 25.2 Å². The summed E-state index contributed by atoms with van der Waals surface area (Å²) in [4.78, 5) is 22.7. The molecule has 0 saturated carbocycles. The molecule has 0 atom stereocenters. The van der Waals surface area contributed by atoms with Crippen molar-refractivity contribution in [3.63, 3.8) is 0 Å². The molecule has 0 aliphatic heterocycles. The molecule has 4 nitrogen and oxygen atoms in total. The topological polar surface area (TPSA) is 52.6 Å². The number of hydrogen-bond donors (Lipinski definition) is 0. The maximum absolute atomic E-state index is 11.5. The first kappa shape index (κ1) is 16.2. The Bertz CT molecular complexity index is 400.